The molecule has 0 unspecified atom stereocenters. The van der Waals surface area contributed by atoms with Crippen molar-refractivity contribution in [2.75, 3.05) is 88.2 Å². The fourth-order valence-electron chi connectivity index (χ4n) is 6.64. The summed E-state index contributed by atoms with van der Waals surface area (Å²) in [7, 11) is 6.39. The Labute approximate surface area is 340 Å². The zero-order valence-electron chi connectivity index (χ0n) is 32.9. The molecule has 6 aromatic heterocycles. The number of rotatable bonds is 7. The SMILES string of the molecule is Brc1cncc2cccnc12.C.CCCc1cc(N2CCN(C)CC2)nc(C)n1.Cc1nc(CN(C)c2cncc3cccnc23)cc(N2CCN(C)CC2)n1. The van der Waals surface area contributed by atoms with E-state index in [2.05, 4.69) is 121 Å². The van der Waals surface area contributed by atoms with Crippen molar-refractivity contribution in [1.82, 2.24) is 49.7 Å². The van der Waals surface area contributed by atoms with E-state index in [9.17, 15) is 0 Å². The van der Waals surface area contributed by atoms with Gasteiger partial charge in [-0.1, -0.05) is 20.8 Å². The molecule has 0 aromatic carbocycles. The number of hydrogen-bond acceptors (Lipinski definition) is 13. The number of aromatic nitrogens is 8. The summed E-state index contributed by atoms with van der Waals surface area (Å²) < 4.78 is 0.940. The molecule has 0 aliphatic carbocycles. The Morgan fingerprint density at radius 2 is 1.16 bits per heavy atom. The molecule has 2 saturated heterocycles. The molecule has 56 heavy (non-hydrogen) atoms. The van der Waals surface area contributed by atoms with Crippen LogP contribution in [0.4, 0.5) is 17.3 Å². The van der Waals surface area contributed by atoms with Gasteiger partial charge in [0.15, 0.2) is 0 Å². The molecule has 0 amide bonds. The van der Waals surface area contributed by atoms with Crippen LogP contribution in [-0.2, 0) is 13.0 Å². The highest BCUT2D eigenvalue weighted by Gasteiger charge is 2.18. The molecule has 2 fully saturated rings. The summed E-state index contributed by atoms with van der Waals surface area (Å²) in [5.74, 6) is 3.83. The number of hydrogen-bond donors (Lipinski definition) is 0. The van der Waals surface area contributed by atoms with Crippen molar-refractivity contribution in [2.45, 2.75) is 47.6 Å². The monoisotopic (exact) mass is 821 g/mol. The van der Waals surface area contributed by atoms with Crippen LogP contribution in [0.3, 0.4) is 0 Å². The second-order valence-electron chi connectivity index (χ2n) is 14.1. The van der Waals surface area contributed by atoms with E-state index in [-0.39, 0.29) is 7.43 Å². The van der Waals surface area contributed by atoms with E-state index in [1.807, 2.05) is 56.7 Å². The molecule has 0 saturated carbocycles. The average Bonchev–Trinajstić information content (AvgIpc) is 3.19. The van der Waals surface area contributed by atoms with Crippen molar-refractivity contribution in [3.05, 3.63) is 101 Å². The number of halogens is 1. The minimum absolute atomic E-state index is 0. The molecule has 13 nitrogen and oxygen atoms in total. The van der Waals surface area contributed by atoms with Crippen LogP contribution in [0.1, 0.15) is 43.8 Å². The normalized spacial score (nSPS) is 14.7. The van der Waals surface area contributed by atoms with Crippen LogP contribution >= 0.6 is 15.9 Å². The summed E-state index contributed by atoms with van der Waals surface area (Å²) >= 11 is 3.37. The van der Waals surface area contributed by atoms with E-state index in [1.165, 1.54) is 5.69 Å². The average molecular weight is 823 g/mol. The van der Waals surface area contributed by atoms with E-state index in [0.29, 0.717) is 6.54 Å². The van der Waals surface area contributed by atoms with Gasteiger partial charge in [0.2, 0.25) is 0 Å². The third-order valence-corrected chi connectivity index (χ3v) is 10.3. The van der Waals surface area contributed by atoms with Gasteiger partial charge in [0, 0.05) is 119 Å². The molecule has 0 radical (unpaired) electrons. The summed E-state index contributed by atoms with van der Waals surface area (Å²) in [6.07, 6.45) is 13.0. The molecule has 8 heterocycles. The molecule has 2 aliphatic heterocycles. The van der Waals surface area contributed by atoms with Gasteiger partial charge in [-0.25, -0.2) is 19.9 Å². The number of pyridine rings is 4. The number of anilines is 3. The first-order valence-electron chi connectivity index (χ1n) is 19.0. The van der Waals surface area contributed by atoms with Gasteiger partial charge in [-0.2, -0.15) is 0 Å². The van der Waals surface area contributed by atoms with Gasteiger partial charge in [0.25, 0.3) is 0 Å². The maximum absolute atomic E-state index is 4.67. The highest BCUT2D eigenvalue weighted by molar-refractivity contribution is 9.10. The lowest BCUT2D eigenvalue weighted by molar-refractivity contribution is 0.312. The Hall–Kier alpha value is -4.92. The molecule has 2 aliphatic rings. The Kier molecular flexibility index (Phi) is 15.3. The highest BCUT2D eigenvalue weighted by atomic mass is 79.9. The molecular formula is C42H56BrN13. The Morgan fingerprint density at radius 3 is 1.71 bits per heavy atom. The van der Waals surface area contributed by atoms with E-state index < -0.39 is 0 Å². The van der Waals surface area contributed by atoms with Crippen LogP contribution in [0.5, 0.6) is 0 Å². The summed E-state index contributed by atoms with van der Waals surface area (Å²) in [6, 6.07) is 12.1. The number of aryl methyl sites for hydroxylation is 3. The predicted octanol–water partition coefficient (Wildman–Crippen LogP) is 6.63. The van der Waals surface area contributed by atoms with Gasteiger partial charge in [-0.05, 0) is 74.6 Å². The smallest absolute Gasteiger partial charge is 0.132 e. The van der Waals surface area contributed by atoms with Crippen LogP contribution < -0.4 is 14.7 Å². The number of likely N-dealkylation sites (N-methyl/N-ethyl adjacent to an activating group) is 2. The molecule has 8 rings (SSSR count). The predicted molar refractivity (Wildman–Crippen MR) is 233 cm³/mol. The van der Waals surface area contributed by atoms with Crippen molar-refractivity contribution >= 4 is 55.1 Å². The summed E-state index contributed by atoms with van der Waals surface area (Å²) in [4.78, 5) is 47.1. The van der Waals surface area contributed by atoms with Gasteiger partial charge in [-0.15, -0.1) is 0 Å². The first-order chi connectivity index (χ1) is 26.7. The largest absolute Gasteiger partial charge is 0.366 e. The van der Waals surface area contributed by atoms with Crippen LogP contribution in [0.2, 0.25) is 0 Å². The molecule has 0 N–H and O–H groups in total. The number of piperazine rings is 2. The summed E-state index contributed by atoms with van der Waals surface area (Å²) in [6.45, 7) is 15.3. The van der Waals surface area contributed by atoms with Crippen molar-refractivity contribution < 1.29 is 0 Å². The fraction of sp³-hybridized carbons (Fsp3) is 0.429. The zero-order chi connectivity index (χ0) is 38.7. The molecule has 0 spiro atoms. The van der Waals surface area contributed by atoms with E-state index in [4.69, 9.17) is 0 Å². The Bertz CT molecular complexity index is 2140. The third kappa shape index (κ3) is 11.3. The van der Waals surface area contributed by atoms with Gasteiger partial charge in [-0.3, -0.25) is 19.9 Å². The third-order valence-electron chi connectivity index (χ3n) is 9.68. The molecule has 6 aromatic rings. The van der Waals surface area contributed by atoms with E-state index in [1.54, 1.807) is 18.6 Å². The molecule has 14 heteroatoms. The molecule has 0 atom stereocenters. The van der Waals surface area contributed by atoms with Gasteiger partial charge in [0.05, 0.1) is 39.6 Å². The van der Waals surface area contributed by atoms with Crippen molar-refractivity contribution in [3.63, 3.8) is 0 Å². The van der Waals surface area contributed by atoms with Gasteiger partial charge >= 0.3 is 0 Å². The number of fused-ring (bicyclic) bond motifs is 2. The number of nitrogens with zero attached hydrogens (tertiary/aromatic N) is 13. The maximum atomic E-state index is 4.67. The zero-order valence-corrected chi connectivity index (χ0v) is 34.5. The standard InChI is InChI=1S/C20H25N7.C13H22N4.C8H5BrN2.CH4/c1-15-23-17(11-19(24-15)27-9-7-25(2)8-10-27)14-26(3)18-13-21-12-16-5-4-6-22-20(16)18;1-4-5-12-10-13(15-11(2)14-12)17-8-6-16(3)7-9-17;9-7-5-10-4-6-2-1-3-11-8(6)7;/h4-6,11-13H,7-10,14H2,1-3H3;10H,4-9H2,1-3H3;1-5H;1H4. The van der Waals surface area contributed by atoms with Crippen molar-refractivity contribution in [1.29, 1.82) is 0 Å². The van der Waals surface area contributed by atoms with Crippen LogP contribution in [0, 0.1) is 13.8 Å². The topological polar surface area (TPSA) is 119 Å². The van der Waals surface area contributed by atoms with Crippen LogP contribution in [-0.4, -0.2) is 123 Å². The quantitative estimate of drug-likeness (QED) is 0.172. The summed E-state index contributed by atoms with van der Waals surface area (Å²) in [5.41, 5.74) is 5.11. The minimum Gasteiger partial charge on any atom is -0.366 e. The fourth-order valence-corrected chi connectivity index (χ4v) is 7.09. The maximum Gasteiger partial charge on any atom is 0.132 e. The van der Waals surface area contributed by atoms with Crippen molar-refractivity contribution in [3.8, 4) is 0 Å². The minimum atomic E-state index is 0. The van der Waals surface area contributed by atoms with Crippen LogP contribution in [0.15, 0.2) is 78.1 Å². The lowest BCUT2D eigenvalue weighted by Crippen LogP contribution is -2.45. The van der Waals surface area contributed by atoms with E-state index >= 15 is 0 Å². The van der Waals surface area contributed by atoms with Crippen molar-refractivity contribution in [2.24, 2.45) is 0 Å². The molecule has 0 bridgehead atoms. The molecular weight excluding hydrogens is 766 g/mol. The lowest BCUT2D eigenvalue weighted by Gasteiger charge is -2.33. The first kappa shape index (κ1) is 42.2. The second kappa shape index (κ2) is 20.3. The summed E-state index contributed by atoms with van der Waals surface area (Å²) in [5, 5.41) is 2.10. The molecule has 296 valence electrons. The lowest BCUT2D eigenvalue weighted by atomic mass is 10.2. The van der Waals surface area contributed by atoms with Gasteiger partial charge in [0.1, 0.15) is 23.3 Å². The Morgan fingerprint density at radius 1 is 0.661 bits per heavy atom. The Balaban J connectivity index is 0.000000176. The van der Waals surface area contributed by atoms with Gasteiger partial charge < -0.3 is 24.5 Å². The van der Waals surface area contributed by atoms with Crippen LogP contribution in [0.25, 0.3) is 21.8 Å². The van der Waals surface area contributed by atoms with E-state index in [0.717, 1.165) is 126 Å². The second-order valence-corrected chi connectivity index (χ2v) is 15.0. The first-order valence-corrected chi connectivity index (χ1v) is 19.8. The highest BCUT2D eigenvalue weighted by Crippen LogP contribution is 2.25.